The average Bonchev–Trinajstić information content (AvgIpc) is 3.25. The van der Waals surface area contributed by atoms with Crippen molar-refractivity contribution >= 4 is 21.6 Å². The van der Waals surface area contributed by atoms with Gasteiger partial charge >= 0.3 is 0 Å². The second kappa shape index (κ2) is 8.71. The highest BCUT2D eigenvalue weighted by atomic mass is 32.2. The number of benzene rings is 2. The zero-order chi connectivity index (χ0) is 21.0. The van der Waals surface area contributed by atoms with Crippen LogP contribution in [0.3, 0.4) is 0 Å². The predicted molar refractivity (Wildman–Crippen MR) is 108 cm³/mol. The molecule has 0 aliphatic carbocycles. The Balaban J connectivity index is 1.85. The SMILES string of the molecule is CCOc1ccc(C(=O)Nc2cc(S(=O)(=O)N3CCCC3)ccc2O)cc1OC. The Hall–Kier alpha value is -2.78. The summed E-state index contributed by atoms with van der Waals surface area (Å²) < 4.78 is 37.6. The highest BCUT2D eigenvalue weighted by molar-refractivity contribution is 7.89. The van der Waals surface area contributed by atoms with Crippen molar-refractivity contribution < 1.29 is 27.8 Å². The number of methoxy groups -OCH3 is 1. The van der Waals surface area contributed by atoms with Gasteiger partial charge in [-0.1, -0.05) is 0 Å². The first kappa shape index (κ1) is 20.9. The summed E-state index contributed by atoms with van der Waals surface area (Å²) in [6, 6.07) is 8.56. The van der Waals surface area contributed by atoms with Crippen molar-refractivity contribution in [2.45, 2.75) is 24.7 Å². The summed E-state index contributed by atoms with van der Waals surface area (Å²) in [5, 5.41) is 12.7. The number of amides is 1. The summed E-state index contributed by atoms with van der Waals surface area (Å²) in [4.78, 5) is 12.7. The molecule has 1 heterocycles. The standard InChI is InChI=1S/C20H24N2O6S/c1-3-28-18-9-6-14(12-19(18)27-2)20(24)21-16-13-15(7-8-17(16)23)29(25,26)22-10-4-5-11-22/h6-9,12-13,23H,3-5,10-11H2,1-2H3,(H,21,24). The van der Waals surface area contributed by atoms with Gasteiger partial charge in [0.25, 0.3) is 5.91 Å². The maximum Gasteiger partial charge on any atom is 0.255 e. The number of nitrogens with zero attached hydrogens (tertiary/aromatic N) is 1. The van der Waals surface area contributed by atoms with Crippen LogP contribution in [0.2, 0.25) is 0 Å². The lowest BCUT2D eigenvalue weighted by Crippen LogP contribution is -2.28. The molecule has 0 radical (unpaired) electrons. The van der Waals surface area contributed by atoms with Crippen molar-refractivity contribution in [3.05, 3.63) is 42.0 Å². The Morgan fingerprint density at radius 2 is 1.86 bits per heavy atom. The van der Waals surface area contributed by atoms with E-state index in [1.807, 2.05) is 6.92 Å². The van der Waals surface area contributed by atoms with E-state index >= 15 is 0 Å². The van der Waals surface area contributed by atoms with Gasteiger partial charge in [-0.25, -0.2) is 8.42 Å². The van der Waals surface area contributed by atoms with Gasteiger partial charge in [0.1, 0.15) is 5.75 Å². The molecule has 2 aromatic carbocycles. The molecule has 3 rings (SSSR count). The lowest BCUT2D eigenvalue weighted by atomic mass is 10.1. The Labute approximate surface area is 170 Å². The lowest BCUT2D eigenvalue weighted by Gasteiger charge is -2.17. The largest absolute Gasteiger partial charge is 0.506 e. The zero-order valence-corrected chi connectivity index (χ0v) is 17.2. The second-order valence-electron chi connectivity index (χ2n) is 6.54. The number of anilines is 1. The number of rotatable bonds is 7. The minimum absolute atomic E-state index is 0.0168. The van der Waals surface area contributed by atoms with Gasteiger partial charge in [0.05, 0.1) is 24.3 Å². The lowest BCUT2D eigenvalue weighted by molar-refractivity contribution is 0.102. The van der Waals surface area contributed by atoms with Gasteiger partial charge in [-0.15, -0.1) is 0 Å². The van der Waals surface area contributed by atoms with Gasteiger partial charge in [0.15, 0.2) is 11.5 Å². The fraction of sp³-hybridized carbons (Fsp3) is 0.350. The number of hydrogen-bond donors (Lipinski definition) is 2. The monoisotopic (exact) mass is 420 g/mol. The molecule has 156 valence electrons. The number of carbonyl (C=O) groups is 1. The first-order valence-corrected chi connectivity index (χ1v) is 10.8. The molecule has 1 saturated heterocycles. The molecule has 0 unspecified atom stereocenters. The maximum atomic E-state index is 12.7. The zero-order valence-electron chi connectivity index (χ0n) is 16.3. The molecular formula is C20H24N2O6S. The van der Waals surface area contributed by atoms with Crippen LogP contribution in [0.1, 0.15) is 30.1 Å². The van der Waals surface area contributed by atoms with Crippen molar-refractivity contribution in [2.24, 2.45) is 0 Å². The third-order valence-electron chi connectivity index (χ3n) is 4.64. The van der Waals surface area contributed by atoms with Crippen LogP contribution in [0.15, 0.2) is 41.3 Å². The summed E-state index contributed by atoms with van der Waals surface area (Å²) in [5.41, 5.74) is 0.292. The molecule has 0 aromatic heterocycles. The summed E-state index contributed by atoms with van der Waals surface area (Å²) in [6.45, 7) is 3.23. The minimum Gasteiger partial charge on any atom is -0.506 e. The number of phenols is 1. The van der Waals surface area contributed by atoms with E-state index in [2.05, 4.69) is 5.32 Å². The number of ether oxygens (including phenoxy) is 2. The molecule has 8 nitrogen and oxygen atoms in total. The number of aromatic hydroxyl groups is 1. The fourth-order valence-electron chi connectivity index (χ4n) is 3.13. The first-order valence-electron chi connectivity index (χ1n) is 9.32. The Kier molecular flexibility index (Phi) is 6.29. The molecule has 1 aliphatic rings. The molecule has 2 N–H and O–H groups in total. The number of carbonyl (C=O) groups excluding carboxylic acids is 1. The van der Waals surface area contributed by atoms with Gasteiger partial charge in [-0.3, -0.25) is 4.79 Å². The van der Waals surface area contributed by atoms with E-state index in [9.17, 15) is 18.3 Å². The van der Waals surface area contributed by atoms with E-state index in [-0.39, 0.29) is 21.9 Å². The third-order valence-corrected chi connectivity index (χ3v) is 6.54. The number of phenolic OH excluding ortho intramolecular Hbond substituents is 1. The molecule has 9 heteroatoms. The summed E-state index contributed by atoms with van der Waals surface area (Å²) in [7, 11) is -2.20. The van der Waals surface area contributed by atoms with Crippen molar-refractivity contribution in [2.75, 3.05) is 32.1 Å². The normalized spacial score (nSPS) is 14.6. The maximum absolute atomic E-state index is 12.7. The average molecular weight is 420 g/mol. The van der Waals surface area contributed by atoms with Crippen molar-refractivity contribution in [1.29, 1.82) is 0 Å². The molecule has 2 aromatic rings. The highest BCUT2D eigenvalue weighted by Crippen LogP contribution is 2.31. The number of hydrogen-bond acceptors (Lipinski definition) is 6. The minimum atomic E-state index is -3.67. The van der Waals surface area contributed by atoms with E-state index in [1.165, 1.54) is 35.7 Å². The molecule has 1 amide bonds. The molecule has 1 fully saturated rings. The smallest absolute Gasteiger partial charge is 0.255 e. The Morgan fingerprint density at radius 1 is 1.14 bits per heavy atom. The number of nitrogens with one attached hydrogen (secondary N) is 1. The summed E-state index contributed by atoms with van der Waals surface area (Å²) in [6.07, 6.45) is 1.64. The quantitative estimate of drug-likeness (QED) is 0.668. The molecule has 1 aliphatic heterocycles. The van der Waals surface area contributed by atoms with Gasteiger partial charge in [-0.05, 0) is 56.2 Å². The van der Waals surface area contributed by atoms with Crippen LogP contribution >= 0.6 is 0 Å². The summed E-state index contributed by atoms with van der Waals surface area (Å²) >= 11 is 0. The van der Waals surface area contributed by atoms with Gasteiger partial charge in [-0.2, -0.15) is 4.31 Å². The van der Waals surface area contributed by atoms with Crippen LogP contribution in [0.5, 0.6) is 17.2 Å². The van der Waals surface area contributed by atoms with Crippen LogP contribution in [0.4, 0.5) is 5.69 Å². The van der Waals surface area contributed by atoms with Crippen molar-refractivity contribution in [3.8, 4) is 17.2 Å². The molecule has 0 atom stereocenters. The highest BCUT2D eigenvalue weighted by Gasteiger charge is 2.28. The van der Waals surface area contributed by atoms with Crippen molar-refractivity contribution in [3.63, 3.8) is 0 Å². The molecule has 29 heavy (non-hydrogen) atoms. The van der Waals surface area contributed by atoms with E-state index in [0.717, 1.165) is 12.8 Å². The van der Waals surface area contributed by atoms with Crippen LogP contribution in [0.25, 0.3) is 0 Å². The van der Waals surface area contributed by atoms with E-state index in [4.69, 9.17) is 9.47 Å². The van der Waals surface area contributed by atoms with E-state index < -0.39 is 15.9 Å². The summed E-state index contributed by atoms with van der Waals surface area (Å²) in [5.74, 6) is 0.163. The number of sulfonamides is 1. The molecule has 0 bridgehead atoms. The van der Waals surface area contributed by atoms with Gasteiger partial charge in [0, 0.05) is 18.7 Å². The molecular weight excluding hydrogens is 396 g/mol. The van der Waals surface area contributed by atoms with Crippen LogP contribution in [0, 0.1) is 0 Å². The third kappa shape index (κ3) is 4.46. The Morgan fingerprint density at radius 3 is 2.52 bits per heavy atom. The van der Waals surface area contributed by atoms with Crippen LogP contribution in [-0.2, 0) is 10.0 Å². The second-order valence-corrected chi connectivity index (χ2v) is 8.48. The van der Waals surface area contributed by atoms with E-state index in [1.54, 1.807) is 12.1 Å². The van der Waals surface area contributed by atoms with Crippen LogP contribution in [-0.4, -0.2) is 50.5 Å². The van der Waals surface area contributed by atoms with Gasteiger partial charge < -0.3 is 19.9 Å². The van der Waals surface area contributed by atoms with Crippen molar-refractivity contribution in [1.82, 2.24) is 4.31 Å². The molecule has 0 saturated carbocycles. The molecule has 0 spiro atoms. The fourth-order valence-corrected chi connectivity index (χ4v) is 4.68. The van der Waals surface area contributed by atoms with E-state index in [0.29, 0.717) is 31.2 Å². The Bertz CT molecular complexity index is 1000. The topological polar surface area (TPSA) is 105 Å². The first-order chi connectivity index (χ1) is 13.9. The van der Waals surface area contributed by atoms with Gasteiger partial charge in [0.2, 0.25) is 10.0 Å². The van der Waals surface area contributed by atoms with Crippen LogP contribution < -0.4 is 14.8 Å². The predicted octanol–water partition coefficient (Wildman–Crippen LogP) is 2.84.